The molecular weight excluding hydrogens is 632 g/mol. The fourth-order valence-corrected chi connectivity index (χ4v) is 7.20. The van der Waals surface area contributed by atoms with Gasteiger partial charge >= 0.3 is 5.97 Å². The summed E-state index contributed by atoms with van der Waals surface area (Å²) in [6.07, 6.45) is 1.88. The Kier molecular flexibility index (Phi) is 9.01. The number of nitrogens with zero attached hydrogens (tertiary/aromatic N) is 4. The summed E-state index contributed by atoms with van der Waals surface area (Å²) >= 11 is 1.25. The number of carbonyl (C=O) groups is 1. The number of nitro benzene ring substituents is 1. The van der Waals surface area contributed by atoms with Gasteiger partial charge in [-0.25, -0.2) is 9.79 Å². The summed E-state index contributed by atoms with van der Waals surface area (Å²) in [7, 11) is 1.54. The van der Waals surface area contributed by atoms with Crippen LogP contribution in [0.4, 0.5) is 5.69 Å². The molecule has 0 spiro atoms. The zero-order valence-electron chi connectivity index (χ0n) is 27.2. The summed E-state index contributed by atoms with van der Waals surface area (Å²) < 4.78 is 21.2. The highest BCUT2D eigenvalue weighted by Crippen LogP contribution is 2.41. The number of thiazole rings is 1. The van der Waals surface area contributed by atoms with Gasteiger partial charge in [-0.1, -0.05) is 53.8 Å². The number of non-ortho nitro benzene ring substituents is 1. The molecule has 0 N–H and O–H groups in total. The molecule has 6 rings (SSSR count). The number of nitro groups is 1. The zero-order valence-corrected chi connectivity index (χ0v) is 28.0. The van der Waals surface area contributed by atoms with E-state index in [4.69, 9.17) is 19.2 Å². The van der Waals surface area contributed by atoms with E-state index in [-0.39, 0.29) is 23.4 Å². The average Bonchev–Trinajstić information content (AvgIpc) is 3.52. The maximum absolute atomic E-state index is 14.5. The second-order valence-corrected chi connectivity index (χ2v) is 12.1. The number of methoxy groups -OCH3 is 1. The largest absolute Gasteiger partial charge is 0.493 e. The van der Waals surface area contributed by atoms with Crippen molar-refractivity contribution in [2.75, 3.05) is 20.3 Å². The van der Waals surface area contributed by atoms with Crippen molar-refractivity contribution in [3.05, 3.63) is 130 Å². The Balaban J connectivity index is 1.55. The fourth-order valence-electron chi connectivity index (χ4n) is 6.17. The van der Waals surface area contributed by atoms with Crippen LogP contribution in [0.5, 0.6) is 11.5 Å². The second-order valence-electron chi connectivity index (χ2n) is 11.1. The van der Waals surface area contributed by atoms with Gasteiger partial charge in [-0.05, 0) is 51.5 Å². The lowest BCUT2D eigenvalue weighted by molar-refractivity contribution is -0.384. The van der Waals surface area contributed by atoms with Gasteiger partial charge in [0.15, 0.2) is 16.3 Å². The van der Waals surface area contributed by atoms with Gasteiger partial charge in [-0.15, -0.1) is 0 Å². The van der Waals surface area contributed by atoms with Gasteiger partial charge in [0.25, 0.3) is 11.2 Å². The molecule has 0 radical (unpaired) electrons. The number of benzene rings is 3. The third-order valence-electron chi connectivity index (χ3n) is 8.37. The lowest BCUT2D eigenvalue weighted by Gasteiger charge is -2.26. The Hall–Kier alpha value is -5.49. The second kappa shape index (κ2) is 13.3. The van der Waals surface area contributed by atoms with Crippen molar-refractivity contribution in [3.8, 4) is 11.5 Å². The number of fused-ring (bicyclic) bond motifs is 2. The van der Waals surface area contributed by atoms with E-state index in [1.54, 1.807) is 49.8 Å². The monoisotopic (exact) mass is 666 g/mol. The molecule has 0 saturated carbocycles. The number of hydrogen-bond acceptors (Lipinski definition) is 9. The zero-order chi connectivity index (χ0) is 34.1. The predicted octanol–water partition coefficient (Wildman–Crippen LogP) is 5.43. The number of para-hydroxylation sites is 2. The molecule has 3 heterocycles. The Morgan fingerprint density at radius 1 is 1.04 bits per heavy atom. The van der Waals surface area contributed by atoms with E-state index in [0.29, 0.717) is 45.2 Å². The van der Waals surface area contributed by atoms with Crippen molar-refractivity contribution < 1.29 is 23.9 Å². The van der Waals surface area contributed by atoms with E-state index in [1.165, 1.54) is 23.5 Å². The van der Waals surface area contributed by atoms with E-state index >= 15 is 0 Å². The average molecular weight is 667 g/mol. The first kappa shape index (κ1) is 32.5. The number of aromatic nitrogens is 2. The fraction of sp³-hybridized carbons (Fsp3) is 0.250. The van der Waals surface area contributed by atoms with Crippen LogP contribution in [0.25, 0.3) is 17.0 Å². The lowest BCUT2D eigenvalue weighted by Crippen LogP contribution is -2.40. The first-order chi connectivity index (χ1) is 23.2. The number of ether oxygens (including phenoxy) is 3. The maximum Gasteiger partial charge on any atom is 0.338 e. The normalized spacial score (nSPS) is 14.5. The number of rotatable bonds is 10. The van der Waals surface area contributed by atoms with Gasteiger partial charge in [-0.2, -0.15) is 0 Å². The number of carbonyl (C=O) groups excluding carboxylic acids is 1. The quantitative estimate of drug-likeness (QED) is 0.111. The molecule has 0 saturated heterocycles. The Bertz CT molecular complexity index is 2280. The maximum atomic E-state index is 14.5. The summed E-state index contributed by atoms with van der Waals surface area (Å²) in [5, 5.41) is 12.1. The molecule has 11 nitrogen and oxygen atoms in total. The minimum atomic E-state index is -0.872. The summed E-state index contributed by atoms with van der Waals surface area (Å²) in [5.41, 5.74) is 4.66. The topological polar surface area (TPSA) is 127 Å². The molecule has 1 aliphatic heterocycles. The summed E-state index contributed by atoms with van der Waals surface area (Å²) in [5.74, 6) is 0.350. The van der Waals surface area contributed by atoms with E-state index < -0.39 is 16.9 Å². The summed E-state index contributed by atoms with van der Waals surface area (Å²) in [6.45, 7) is 8.31. The number of hydrogen-bond donors (Lipinski definition) is 0. The molecule has 0 fully saturated rings. The molecule has 0 unspecified atom stereocenters. The number of esters is 1. The highest BCUT2D eigenvalue weighted by molar-refractivity contribution is 7.07. The Morgan fingerprint density at radius 3 is 2.48 bits per heavy atom. The lowest BCUT2D eigenvalue weighted by atomic mass is 9.94. The van der Waals surface area contributed by atoms with E-state index in [0.717, 1.165) is 27.7 Å². The molecule has 48 heavy (non-hydrogen) atoms. The molecule has 1 aliphatic rings. The van der Waals surface area contributed by atoms with Crippen molar-refractivity contribution >= 4 is 40.0 Å². The minimum absolute atomic E-state index is 0.0332. The Labute approximate surface area is 279 Å². The molecule has 12 heteroatoms. The smallest absolute Gasteiger partial charge is 0.338 e. The van der Waals surface area contributed by atoms with Crippen LogP contribution in [0.1, 0.15) is 49.2 Å². The third-order valence-corrected chi connectivity index (χ3v) is 9.36. The van der Waals surface area contributed by atoms with Crippen LogP contribution in [0.2, 0.25) is 0 Å². The molecule has 1 atom stereocenters. The van der Waals surface area contributed by atoms with Crippen molar-refractivity contribution in [3.63, 3.8) is 0 Å². The van der Waals surface area contributed by atoms with Gasteiger partial charge in [0, 0.05) is 46.4 Å². The van der Waals surface area contributed by atoms with Crippen LogP contribution >= 0.6 is 11.3 Å². The van der Waals surface area contributed by atoms with Crippen molar-refractivity contribution in [2.45, 2.75) is 40.3 Å². The van der Waals surface area contributed by atoms with Gasteiger partial charge in [0.1, 0.15) is 6.04 Å². The van der Waals surface area contributed by atoms with Crippen LogP contribution in [-0.4, -0.2) is 40.4 Å². The van der Waals surface area contributed by atoms with Crippen LogP contribution < -0.4 is 24.4 Å². The van der Waals surface area contributed by atoms with Gasteiger partial charge < -0.3 is 18.8 Å². The summed E-state index contributed by atoms with van der Waals surface area (Å²) in [6, 6.07) is 19.0. The molecule has 246 valence electrons. The first-order valence-electron chi connectivity index (χ1n) is 15.5. The predicted molar refractivity (Wildman–Crippen MR) is 183 cm³/mol. The molecule has 2 aromatic heterocycles. The van der Waals surface area contributed by atoms with Crippen molar-refractivity contribution in [2.24, 2.45) is 4.99 Å². The number of allylic oxidation sites excluding steroid dienone is 1. The minimum Gasteiger partial charge on any atom is -0.493 e. The summed E-state index contributed by atoms with van der Waals surface area (Å²) in [4.78, 5) is 43.9. The van der Waals surface area contributed by atoms with Crippen LogP contribution in [0, 0.1) is 17.0 Å². The molecule has 0 bridgehead atoms. The highest BCUT2D eigenvalue weighted by Gasteiger charge is 2.36. The van der Waals surface area contributed by atoms with E-state index in [9.17, 15) is 19.7 Å². The van der Waals surface area contributed by atoms with Gasteiger partial charge in [0.05, 0.1) is 41.0 Å². The van der Waals surface area contributed by atoms with Crippen molar-refractivity contribution in [1.29, 1.82) is 0 Å². The Morgan fingerprint density at radius 2 is 1.79 bits per heavy atom. The highest BCUT2D eigenvalue weighted by atomic mass is 32.1. The molecule has 3 aromatic carbocycles. The first-order valence-corrected chi connectivity index (χ1v) is 16.3. The van der Waals surface area contributed by atoms with E-state index in [2.05, 4.69) is 4.57 Å². The SMILES string of the molecule is CCOC(=O)C1=C(C)N=c2s/c(=C/c3c(C)n(Cc4ccc([N+](=O)[O-])cc4)c4ccccc34)c(=O)n2[C@H]1c1cccc(OC)c1OCC. The molecular formula is C36H34N4O7S. The van der Waals surface area contributed by atoms with Crippen LogP contribution in [-0.2, 0) is 16.1 Å². The molecule has 0 amide bonds. The standard InChI is InChI=1S/C36H34N4O7S/c1-6-46-33-26(12-10-14-29(33)45-5)32-31(35(42)47-7-2)21(3)37-36-39(32)34(41)30(48-36)19-27-22(4)38(28-13-9-8-11-25(27)28)20-23-15-17-24(18-16-23)40(43)44/h8-19,32H,6-7,20H2,1-5H3/b30-19+/t32-/m0/s1. The van der Waals surface area contributed by atoms with Crippen LogP contribution in [0.15, 0.2) is 87.8 Å². The van der Waals surface area contributed by atoms with Gasteiger partial charge in [0.2, 0.25) is 0 Å². The van der Waals surface area contributed by atoms with E-state index in [1.807, 2.05) is 50.3 Å². The molecule has 0 aliphatic carbocycles. The molecule has 5 aromatic rings. The van der Waals surface area contributed by atoms with Crippen molar-refractivity contribution in [1.82, 2.24) is 9.13 Å². The van der Waals surface area contributed by atoms with Gasteiger partial charge in [-0.3, -0.25) is 19.5 Å². The van der Waals surface area contributed by atoms with Crippen LogP contribution in [0.3, 0.4) is 0 Å². The third kappa shape index (κ3) is 5.68.